The molecule has 0 aromatic rings. The number of hydrogen-bond donors (Lipinski definition) is 1. The Hall–Kier alpha value is -1.26. The SMILES string of the molecule is CC1CN(CC(C)(C)C(=O)O)C(=O)N1C. The molecular formula is C10H18N2O3. The van der Waals surface area contributed by atoms with Crippen LogP contribution in [-0.4, -0.2) is 53.1 Å². The molecule has 1 fully saturated rings. The highest BCUT2D eigenvalue weighted by atomic mass is 16.4. The van der Waals surface area contributed by atoms with Crippen molar-refractivity contribution in [3.05, 3.63) is 0 Å². The lowest BCUT2D eigenvalue weighted by atomic mass is 9.93. The zero-order chi connectivity index (χ0) is 11.8. The van der Waals surface area contributed by atoms with Crippen molar-refractivity contribution in [1.29, 1.82) is 0 Å². The highest BCUT2D eigenvalue weighted by Crippen LogP contribution is 2.22. The third-order valence-corrected chi connectivity index (χ3v) is 2.88. The number of nitrogens with zero attached hydrogens (tertiary/aromatic N) is 2. The van der Waals surface area contributed by atoms with E-state index in [1.54, 1.807) is 30.7 Å². The molecule has 5 heteroatoms. The molecule has 1 heterocycles. The van der Waals surface area contributed by atoms with E-state index in [-0.39, 0.29) is 18.6 Å². The van der Waals surface area contributed by atoms with Crippen molar-refractivity contribution in [1.82, 2.24) is 9.80 Å². The summed E-state index contributed by atoms with van der Waals surface area (Å²) >= 11 is 0. The number of hydrogen-bond acceptors (Lipinski definition) is 2. The average Bonchev–Trinajstić information content (AvgIpc) is 2.33. The molecule has 1 N–H and O–H groups in total. The van der Waals surface area contributed by atoms with Crippen molar-refractivity contribution >= 4 is 12.0 Å². The Morgan fingerprint density at radius 3 is 2.47 bits per heavy atom. The van der Waals surface area contributed by atoms with Gasteiger partial charge in [-0.25, -0.2) is 4.79 Å². The summed E-state index contributed by atoms with van der Waals surface area (Å²) in [5.74, 6) is -0.877. The molecule has 1 rings (SSSR count). The zero-order valence-corrected chi connectivity index (χ0v) is 9.65. The quantitative estimate of drug-likeness (QED) is 0.757. The van der Waals surface area contributed by atoms with E-state index >= 15 is 0 Å². The Bertz CT molecular complexity index is 288. The fraction of sp³-hybridized carbons (Fsp3) is 0.800. The summed E-state index contributed by atoms with van der Waals surface area (Å²) in [5.41, 5.74) is -0.888. The molecule has 1 aliphatic heterocycles. The molecule has 5 nitrogen and oxygen atoms in total. The number of aliphatic carboxylic acids is 1. The molecule has 0 radical (unpaired) electrons. The Morgan fingerprint density at radius 1 is 1.60 bits per heavy atom. The molecule has 0 aromatic heterocycles. The lowest BCUT2D eigenvalue weighted by Gasteiger charge is -2.25. The van der Waals surface area contributed by atoms with Crippen LogP contribution in [0.15, 0.2) is 0 Å². The Morgan fingerprint density at radius 2 is 2.13 bits per heavy atom. The minimum Gasteiger partial charge on any atom is -0.481 e. The van der Waals surface area contributed by atoms with Crippen molar-refractivity contribution in [3.63, 3.8) is 0 Å². The number of rotatable bonds is 3. The molecule has 0 aromatic carbocycles. The van der Waals surface area contributed by atoms with Gasteiger partial charge in [-0.05, 0) is 20.8 Å². The Labute approximate surface area is 89.7 Å². The fourth-order valence-corrected chi connectivity index (χ4v) is 1.61. The molecule has 2 amide bonds. The van der Waals surface area contributed by atoms with E-state index in [1.807, 2.05) is 6.92 Å². The standard InChI is InChI=1S/C10H18N2O3/c1-7-5-12(9(15)11(7)4)6-10(2,3)8(13)14/h7H,5-6H2,1-4H3,(H,13,14). The van der Waals surface area contributed by atoms with Crippen molar-refractivity contribution in [2.24, 2.45) is 5.41 Å². The molecule has 1 atom stereocenters. The summed E-state index contributed by atoms with van der Waals surface area (Å²) in [4.78, 5) is 25.8. The minimum atomic E-state index is -0.888. The molecule has 1 aliphatic rings. The number of amides is 2. The predicted octanol–water partition coefficient (Wildman–Crippen LogP) is 0.853. The maximum absolute atomic E-state index is 11.7. The van der Waals surface area contributed by atoms with E-state index in [1.165, 1.54) is 0 Å². The van der Waals surface area contributed by atoms with Crippen LogP contribution < -0.4 is 0 Å². The van der Waals surface area contributed by atoms with Crippen molar-refractivity contribution in [2.45, 2.75) is 26.8 Å². The van der Waals surface area contributed by atoms with Crippen molar-refractivity contribution in [3.8, 4) is 0 Å². The summed E-state index contributed by atoms with van der Waals surface area (Å²) < 4.78 is 0. The van der Waals surface area contributed by atoms with E-state index in [0.717, 1.165) is 0 Å². The monoisotopic (exact) mass is 214 g/mol. The van der Waals surface area contributed by atoms with Crippen LogP contribution in [0.4, 0.5) is 4.79 Å². The van der Waals surface area contributed by atoms with Gasteiger partial charge in [0.2, 0.25) is 0 Å². The third kappa shape index (κ3) is 2.22. The van der Waals surface area contributed by atoms with Crippen LogP contribution in [0.1, 0.15) is 20.8 Å². The number of carboxylic acids is 1. The van der Waals surface area contributed by atoms with Gasteiger partial charge in [0.05, 0.1) is 5.41 Å². The first-order valence-electron chi connectivity index (χ1n) is 5.01. The van der Waals surface area contributed by atoms with Gasteiger partial charge in [0.1, 0.15) is 0 Å². The van der Waals surface area contributed by atoms with Crippen LogP contribution in [0.3, 0.4) is 0 Å². The second-order valence-electron chi connectivity index (χ2n) is 4.81. The number of carbonyl (C=O) groups is 2. The zero-order valence-electron chi connectivity index (χ0n) is 9.65. The molecule has 1 unspecified atom stereocenters. The summed E-state index contributed by atoms with van der Waals surface area (Å²) in [5, 5.41) is 8.97. The van der Waals surface area contributed by atoms with E-state index in [2.05, 4.69) is 0 Å². The van der Waals surface area contributed by atoms with Crippen LogP contribution in [0.25, 0.3) is 0 Å². The molecule has 0 aliphatic carbocycles. The molecule has 1 saturated heterocycles. The molecule has 0 saturated carbocycles. The second kappa shape index (κ2) is 3.72. The number of carboxylic acid groups (broad SMARTS) is 1. The normalized spacial score (nSPS) is 22.4. The second-order valence-corrected chi connectivity index (χ2v) is 4.81. The third-order valence-electron chi connectivity index (χ3n) is 2.88. The first kappa shape index (κ1) is 11.8. The van der Waals surface area contributed by atoms with Gasteiger partial charge >= 0.3 is 12.0 Å². The van der Waals surface area contributed by atoms with Gasteiger partial charge in [0, 0.05) is 26.2 Å². The van der Waals surface area contributed by atoms with E-state index in [0.29, 0.717) is 6.54 Å². The lowest BCUT2D eigenvalue weighted by Crippen LogP contribution is -2.41. The molecule has 0 bridgehead atoms. The maximum atomic E-state index is 11.7. The topological polar surface area (TPSA) is 60.9 Å². The van der Waals surface area contributed by atoms with E-state index in [4.69, 9.17) is 5.11 Å². The van der Waals surface area contributed by atoms with Gasteiger partial charge in [0.25, 0.3) is 0 Å². The van der Waals surface area contributed by atoms with Crippen molar-refractivity contribution < 1.29 is 14.7 Å². The first-order chi connectivity index (χ1) is 6.75. The molecule has 15 heavy (non-hydrogen) atoms. The maximum Gasteiger partial charge on any atom is 0.320 e. The Kier molecular flexibility index (Phi) is 2.93. The molecule has 0 spiro atoms. The van der Waals surface area contributed by atoms with Gasteiger partial charge in [-0.3, -0.25) is 4.79 Å². The summed E-state index contributed by atoms with van der Waals surface area (Å²) in [6.45, 7) is 6.07. The van der Waals surface area contributed by atoms with Crippen LogP contribution in [0.2, 0.25) is 0 Å². The summed E-state index contributed by atoms with van der Waals surface area (Å²) in [6, 6.07) is 0.0684. The summed E-state index contributed by atoms with van der Waals surface area (Å²) in [6.07, 6.45) is 0. The Balaban J connectivity index is 2.69. The van der Waals surface area contributed by atoms with Crippen LogP contribution in [0.5, 0.6) is 0 Å². The first-order valence-corrected chi connectivity index (χ1v) is 5.01. The number of likely N-dealkylation sites (N-methyl/N-ethyl adjacent to an activating group) is 1. The van der Waals surface area contributed by atoms with Crippen molar-refractivity contribution in [2.75, 3.05) is 20.1 Å². The predicted molar refractivity (Wildman–Crippen MR) is 55.6 cm³/mol. The van der Waals surface area contributed by atoms with Gasteiger partial charge in [-0.2, -0.15) is 0 Å². The van der Waals surface area contributed by atoms with Gasteiger partial charge in [-0.15, -0.1) is 0 Å². The number of urea groups is 1. The van der Waals surface area contributed by atoms with Gasteiger partial charge in [0.15, 0.2) is 0 Å². The smallest absolute Gasteiger partial charge is 0.320 e. The van der Waals surface area contributed by atoms with Gasteiger partial charge in [-0.1, -0.05) is 0 Å². The lowest BCUT2D eigenvalue weighted by molar-refractivity contribution is -0.147. The van der Waals surface area contributed by atoms with Crippen LogP contribution >= 0.6 is 0 Å². The molecular weight excluding hydrogens is 196 g/mol. The molecule has 86 valence electrons. The van der Waals surface area contributed by atoms with E-state index in [9.17, 15) is 9.59 Å². The average molecular weight is 214 g/mol. The van der Waals surface area contributed by atoms with Crippen LogP contribution in [0, 0.1) is 5.41 Å². The largest absolute Gasteiger partial charge is 0.481 e. The summed E-state index contributed by atoms with van der Waals surface area (Å²) in [7, 11) is 1.74. The fourth-order valence-electron chi connectivity index (χ4n) is 1.61. The number of carbonyl (C=O) groups excluding carboxylic acids is 1. The highest BCUT2D eigenvalue weighted by Gasteiger charge is 2.37. The van der Waals surface area contributed by atoms with Crippen LogP contribution in [-0.2, 0) is 4.79 Å². The van der Waals surface area contributed by atoms with Gasteiger partial charge < -0.3 is 14.9 Å². The van der Waals surface area contributed by atoms with E-state index < -0.39 is 11.4 Å². The minimum absolute atomic E-state index is 0.0863. The highest BCUT2D eigenvalue weighted by molar-refractivity contribution is 5.79.